The number of likely N-dealkylation sites (N-methyl/N-ethyl adjacent to an activating group) is 1. The van der Waals surface area contributed by atoms with Crippen LogP contribution >= 0.6 is 0 Å². The molecular weight excluding hydrogens is 763 g/mol. The molecule has 6 bridgehead atoms. The number of nitrogens with one attached hydrogen (secondary N) is 3. The molecule has 2 aromatic carbocycles. The second-order valence-corrected chi connectivity index (χ2v) is 17.7. The fourth-order valence-electron chi connectivity index (χ4n) is 8.69. The van der Waals surface area contributed by atoms with Crippen LogP contribution in [0.2, 0.25) is 0 Å². The summed E-state index contributed by atoms with van der Waals surface area (Å²) in [5, 5.41) is 19.7. The molecule has 320 valence electrons. The first-order valence-corrected chi connectivity index (χ1v) is 21.1. The molecule has 2 fully saturated rings. The predicted octanol–water partition coefficient (Wildman–Crippen LogP) is 4.59. The quantitative estimate of drug-likeness (QED) is 0.131. The number of carbonyl (C=O) groups is 4. The predicted molar refractivity (Wildman–Crippen MR) is 228 cm³/mol. The zero-order chi connectivity index (χ0) is 42.9. The van der Waals surface area contributed by atoms with Gasteiger partial charge in [-0.15, -0.1) is 0 Å². The molecule has 0 saturated carbocycles. The number of benzene rings is 2. The van der Waals surface area contributed by atoms with E-state index in [1.165, 1.54) is 5.01 Å². The van der Waals surface area contributed by atoms with Crippen molar-refractivity contribution in [3.8, 4) is 28.1 Å². The molecule has 7 rings (SSSR count). The molecule has 60 heavy (non-hydrogen) atoms. The average molecular weight is 822 g/mol. The first kappa shape index (κ1) is 42.8. The first-order chi connectivity index (χ1) is 28.7. The zero-order valence-corrected chi connectivity index (χ0v) is 35.8. The molecule has 14 heteroatoms. The Hall–Kier alpha value is -5.31. The summed E-state index contributed by atoms with van der Waals surface area (Å²) in [6.07, 6.45) is 5.31. The topological polar surface area (TPSA) is 177 Å². The van der Waals surface area contributed by atoms with Crippen LogP contribution in [-0.4, -0.2) is 107 Å². The van der Waals surface area contributed by atoms with Gasteiger partial charge < -0.3 is 34.7 Å². The number of hydrogen-bond donors (Lipinski definition) is 4. The minimum atomic E-state index is -1.06. The number of rotatable bonds is 10. The van der Waals surface area contributed by atoms with E-state index in [1.54, 1.807) is 37.4 Å². The molecule has 14 nitrogen and oxygen atoms in total. The summed E-state index contributed by atoms with van der Waals surface area (Å²) in [5.41, 5.74) is 9.97. The van der Waals surface area contributed by atoms with E-state index in [0.29, 0.717) is 51.1 Å². The molecule has 2 saturated heterocycles. The minimum absolute atomic E-state index is 0.0232. The van der Waals surface area contributed by atoms with Crippen molar-refractivity contribution in [3.63, 3.8) is 0 Å². The third-order valence-electron chi connectivity index (χ3n) is 12.0. The lowest BCUT2D eigenvalue weighted by atomic mass is 9.84. The van der Waals surface area contributed by atoms with Crippen LogP contribution in [0.5, 0.6) is 5.75 Å². The molecule has 0 spiro atoms. The van der Waals surface area contributed by atoms with Gasteiger partial charge in [0.25, 0.3) is 5.91 Å². The number of methoxy groups -OCH3 is 1. The van der Waals surface area contributed by atoms with Gasteiger partial charge in [-0.3, -0.25) is 29.2 Å². The van der Waals surface area contributed by atoms with E-state index in [2.05, 4.69) is 58.5 Å². The minimum Gasteiger partial charge on any atom is -0.508 e. The molecule has 3 aliphatic heterocycles. The van der Waals surface area contributed by atoms with Crippen molar-refractivity contribution in [2.45, 2.75) is 91.6 Å². The third-order valence-corrected chi connectivity index (χ3v) is 12.0. The van der Waals surface area contributed by atoms with Crippen LogP contribution in [0, 0.1) is 17.3 Å². The SMILES string of the molecule is CCn1c(-c2cnccc2COC)c2c3cc(ccc31)-c1cc(O)cc(c1)C[C@H](NC(=O)C(CN(C)C(=O)[C@H]1CN1)C(C)C)C(=O)N1CCC[C@H](N1)C(=O)OCC(C)(C)C2. The number of nitrogens with zero attached hydrogens (tertiary/aromatic N) is 4. The number of aromatic nitrogens is 2. The second-order valence-electron chi connectivity index (χ2n) is 17.7. The number of phenols is 1. The number of cyclic esters (lactones) is 1. The maximum Gasteiger partial charge on any atom is 0.324 e. The zero-order valence-electron chi connectivity index (χ0n) is 35.8. The Kier molecular flexibility index (Phi) is 12.6. The second kappa shape index (κ2) is 17.7. The molecule has 3 aliphatic rings. The van der Waals surface area contributed by atoms with Crippen LogP contribution in [-0.2, 0) is 54.6 Å². The van der Waals surface area contributed by atoms with Crippen LogP contribution in [0.3, 0.4) is 0 Å². The summed E-state index contributed by atoms with van der Waals surface area (Å²) in [5.74, 6) is -2.02. The maximum absolute atomic E-state index is 14.5. The number of amides is 3. The Bertz CT molecular complexity index is 2260. The van der Waals surface area contributed by atoms with Gasteiger partial charge in [0.2, 0.25) is 11.8 Å². The van der Waals surface area contributed by atoms with Crippen molar-refractivity contribution in [2.75, 3.05) is 40.4 Å². The third kappa shape index (κ3) is 9.20. The molecule has 0 aliphatic carbocycles. The Morgan fingerprint density at radius 1 is 1.13 bits per heavy atom. The van der Waals surface area contributed by atoms with Crippen molar-refractivity contribution in [1.29, 1.82) is 0 Å². The highest BCUT2D eigenvalue weighted by molar-refractivity contribution is 5.96. The van der Waals surface area contributed by atoms with Gasteiger partial charge in [-0.2, -0.15) is 0 Å². The van der Waals surface area contributed by atoms with Gasteiger partial charge in [0, 0.05) is 81.0 Å². The van der Waals surface area contributed by atoms with Crippen LogP contribution in [0.15, 0.2) is 54.9 Å². The number of pyridine rings is 1. The van der Waals surface area contributed by atoms with Crippen molar-refractivity contribution < 1.29 is 33.8 Å². The van der Waals surface area contributed by atoms with Crippen LogP contribution in [0.1, 0.15) is 64.2 Å². The van der Waals surface area contributed by atoms with Gasteiger partial charge in [0.05, 0.1) is 30.9 Å². The lowest BCUT2D eigenvalue weighted by molar-refractivity contribution is -0.155. The highest BCUT2D eigenvalue weighted by atomic mass is 16.5. The number of hydrogen-bond acceptors (Lipinski definition) is 10. The van der Waals surface area contributed by atoms with Crippen LogP contribution < -0.4 is 16.1 Å². The molecular formula is C46H59N7O7. The number of hydrazine groups is 1. The maximum atomic E-state index is 14.5. The molecule has 5 heterocycles. The molecule has 0 radical (unpaired) electrons. The summed E-state index contributed by atoms with van der Waals surface area (Å²) in [7, 11) is 3.37. The van der Waals surface area contributed by atoms with Crippen LogP contribution in [0.25, 0.3) is 33.3 Å². The normalized spacial score (nSPS) is 21.0. The summed E-state index contributed by atoms with van der Waals surface area (Å²) >= 11 is 0. The van der Waals surface area contributed by atoms with Gasteiger partial charge in [-0.1, -0.05) is 39.8 Å². The summed E-state index contributed by atoms with van der Waals surface area (Å²) in [4.78, 5) is 61.5. The Morgan fingerprint density at radius 2 is 1.92 bits per heavy atom. The van der Waals surface area contributed by atoms with E-state index in [1.807, 2.05) is 38.2 Å². The van der Waals surface area contributed by atoms with Crippen molar-refractivity contribution >= 4 is 34.6 Å². The Labute approximate surface area is 352 Å². The van der Waals surface area contributed by atoms with E-state index >= 15 is 0 Å². The van der Waals surface area contributed by atoms with Crippen molar-refractivity contribution in [3.05, 3.63) is 71.5 Å². The lowest BCUT2D eigenvalue weighted by Gasteiger charge is -2.36. The molecule has 2 aromatic heterocycles. The molecule has 4 atom stereocenters. The summed E-state index contributed by atoms with van der Waals surface area (Å²) in [6, 6.07) is 11.5. The number of aryl methyl sites for hydroxylation is 1. The van der Waals surface area contributed by atoms with Gasteiger partial charge in [-0.05, 0) is 90.3 Å². The molecule has 1 unspecified atom stereocenters. The number of esters is 1. The molecule has 4 N–H and O–H groups in total. The van der Waals surface area contributed by atoms with Crippen molar-refractivity contribution in [2.24, 2.45) is 17.3 Å². The first-order valence-electron chi connectivity index (χ1n) is 21.1. The number of ether oxygens (including phenoxy) is 2. The van der Waals surface area contributed by atoms with Gasteiger partial charge in [0.15, 0.2) is 0 Å². The smallest absolute Gasteiger partial charge is 0.324 e. The van der Waals surface area contributed by atoms with Crippen molar-refractivity contribution in [1.82, 2.24) is 35.5 Å². The van der Waals surface area contributed by atoms with E-state index < -0.39 is 35.3 Å². The summed E-state index contributed by atoms with van der Waals surface area (Å²) in [6.45, 7) is 12.5. The fraction of sp³-hybridized carbons (Fsp3) is 0.500. The lowest BCUT2D eigenvalue weighted by Crippen LogP contribution is -2.61. The Morgan fingerprint density at radius 3 is 2.63 bits per heavy atom. The van der Waals surface area contributed by atoms with Gasteiger partial charge in [-0.25, -0.2) is 5.43 Å². The van der Waals surface area contributed by atoms with E-state index in [4.69, 9.17) is 9.47 Å². The Balaban J connectivity index is 1.33. The standard InChI is InChI=1S/C46H59N7O7/c1-8-52-40-12-11-29-20-33(40)34(41(52)35-22-47-14-13-30(35)25-59-7)21-46(4,5)26-60-45(58)37-10-9-15-53(50-37)44(57)38(18-28-16-31(29)19-32(54)17-28)49-42(55)36(27(2)3)24-51(6)43(56)39-23-48-39/h11-14,16-17,19-20,22,27,36-39,48,50,54H,8-10,15,18,21,23-26H2,1-7H3,(H,49,55)/t36?,37-,38-,39+/m0/s1. The molecule has 4 aromatic rings. The number of carbonyl (C=O) groups excluding carboxylic acids is 4. The van der Waals surface area contributed by atoms with Gasteiger partial charge >= 0.3 is 5.97 Å². The highest BCUT2D eigenvalue weighted by Gasteiger charge is 2.38. The number of phenolic OH excluding ortho intramolecular Hbond substituents is 1. The van der Waals surface area contributed by atoms with Crippen LogP contribution in [0.4, 0.5) is 0 Å². The summed E-state index contributed by atoms with van der Waals surface area (Å²) < 4.78 is 14.0. The number of fused-ring (bicyclic) bond motifs is 6. The average Bonchev–Trinajstić information content (AvgIpc) is 4.04. The fourth-order valence-corrected chi connectivity index (χ4v) is 8.69. The van der Waals surface area contributed by atoms with E-state index in [0.717, 1.165) is 44.4 Å². The largest absolute Gasteiger partial charge is 0.508 e. The number of aromatic hydroxyl groups is 1. The molecule has 3 amide bonds. The van der Waals surface area contributed by atoms with E-state index in [-0.39, 0.29) is 49.1 Å². The monoisotopic (exact) mass is 821 g/mol. The highest BCUT2D eigenvalue weighted by Crippen LogP contribution is 2.41. The van der Waals surface area contributed by atoms with Gasteiger partial charge in [0.1, 0.15) is 17.8 Å². The van der Waals surface area contributed by atoms with E-state index in [9.17, 15) is 24.3 Å².